The molecule has 1 fully saturated rings. The average Bonchev–Trinajstić information content (AvgIpc) is 2.39. The molecule has 0 spiro atoms. The molecule has 1 aliphatic heterocycles. The van der Waals surface area contributed by atoms with Crippen molar-refractivity contribution < 1.29 is 23.8 Å². The van der Waals surface area contributed by atoms with E-state index in [9.17, 15) is 14.0 Å². The number of halogens is 1. The van der Waals surface area contributed by atoms with Gasteiger partial charge in [-0.3, -0.25) is 0 Å². The van der Waals surface area contributed by atoms with Crippen LogP contribution < -0.4 is 10.6 Å². The molecule has 7 heteroatoms. The van der Waals surface area contributed by atoms with E-state index < -0.39 is 23.4 Å². The van der Waals surface area contributed by atoms with Gasteiger partial charge in [-0.2, -0.15) is 0 Å². The van der Waals surface area contributed by atoms with Gasteiger partial charge in [0.1, 0.15) is 11.4 Å². The standard InChI is InChI=1S/C13H15FN2O4/c14-9-2-1-3-10(11(9)12(17)18)16-13(19)15-8-4-6-20-7-5-8/h1-3,8H,4-7H2,(H,17,18)(H2,15,16,19). The molecule has 108 valence electrons. The van der Waals surface area contributed by atoms with Crippen molar-refractivity contribution >= 4 is 17.7 Å². The maximum atomic E-state index is 13.4. The first-order valence-electron chi connectivity index (χ1n) is 6.25. The first kappa shape index (κ1) is 14.3. The Kier molecular flexibility index (Phi) is 4.52. The van der Waals surface area contributed by atoms with E-state index in [0.29, 0.717) is 26.1 Å². The summed E-state index contributed by atoms with van der Waals surface area (Å²) < 4.78 is 18.6. The number of nitrogens with one attached hydrogen (secondary N) is 2. The molecular weight excluding hydrogens is 267 g/mol. The van der Waals surface area contributed by atoms with Gasteiger partial charge in [-0.25, -0.2) is 14.0 Å². The fourth-order valence-electron chi connectivity index (χ4n) is 2.03. The van der Waals surface area contributed by atoms with Crippen LogP contribution in [0.15, 0.2) is 18.2 Å². The van der Waals surface area contributed by atoms with Gasteiger partial charge in [-0.05, 0) is 25.0 Å². The van der Waals surface area contributed by atoms with Crippen molar-refractivity contribution in [3.05, 3.63) is 29.6 Å². The second kappa shape index (κ2) is 6.33. The van der Waals surface area contributed by atoms with Gasteiger partial charge in [-0.1, -0.05) is 6.07 Å². The number of rotatable bonds is 3. The van der Waals surface area contributed by atoms with Crippen LogP contribution in [0.2, 0.25) is 0 Å². The van der Waals surface area contributed by atoms with Gasteiger partial charge in [0.15, 0.2) is 0 Å². The summed E-state index contributed by atoms with van der Waals surface area (Å²) >= 11 is 0. The Hall–Kier alpha value is -2.15. The Balaban J connectivity index is 2.04. The van der Waals surface area contributed by atoms with Crippen molar-refractivity contribution in [3.8, 4) is 0 Å². The van der Waals surface area contributed by atoms with E-state index in [4.69, 9.17) is 9.84 Å². The molecular formula is C13H15FN2O4. The largest absolute Gasteiger partial charge is 0.478 e. The fourth-order valence-corrected chi connectivity index (χ4v) is 2.03. The molecule has 1 aromatic carbocycles. The molecule has 1 aromatic rings. The number of hydrogen-bond acceptors (Lipinski definition) is 3. The Morgan fingerprint density at radius 1 is 1.30 bits per heavy atom. The predicted molar refractivity (Wildman–Crippen MR) is 69.4 cm³/mol. The highest BCUT2D eigenvalue weighted by Gasteiger charge is 2.19. The van der Waals surface area contributed by atoms with Crippen LogP contribution in [0.3, 0.4) is 0 Å². The Morgan fingerprint density at radius 2 is 2.00 bits per heavy atom. The molecule has 0 bridgehead atoms. The summed E-state index contributed by atoms with van der Waals surface area (Å²) in [7, 11) is 0. The summed E-state index contributed by atoms with van der Waals surface area (Å²) in [5.74, 6) is -2.31. The Labute approximate surface area is 114 Å². The topological polar surface area (TPSA) is 87.7 Å². The zero-order valence-corrected chi connectivity index (χ0v) is 10.7. The maximum absolute atomic E-state index is 13.4. The van der Waals surface area contributed by atoms with Crippen LogP contribution in [-0.2, 0) is 4.74 Å². The van der Waals surface area contributed by atoms with Crippen molar-refractivity contribution in [3.63, 3.8) is 0 Å². The maximum Gasteiger partial charge on any atom is 0.340 e. The van der Waals surface area contributed by atoms with E-state index >= 15 is 0 Å². The molecule has 1 aliphatic rings. The number of carbonyl (C=O) groups is 2. The Morgan fingerprint density at radius 3 is 2.65 bits per heavy atom. The lowest BCUT2D eigenvalue weighted by Crippen LogP contribution is -2.41. The molecule has 0 saturated carbocycles. The third-order valence-electron chi connectivity index (χ3n) is 3.03. The van der Waals surface area contributed by atoms with Gasteiger partial charge in [0.2, 0.25) is 0 Å². The first-order chi connectivity index (χ1) is 9.58. The van der Waals surface area contributed by atoms with Crippen molar-refractivity contribution in [1.29, 1.82) is 0 Å². The molecule has 1 saturated heterocycles. The van der Waals surface area contributed by atoms with E-state index in [1.165, 1.54) is 12.1 Å². The summed E-state index contributed by atoms with van der Waals surface area (Å²) in [6.45, 7) is 1.15. The van der Waals surface area contributed by atoms with Crippen molar-refractivity contribution in [2.24, 2.45) is 0 Å². The van der Waals surface area contributed by atoms with Crippen LogP contribution in [0.25, 0.3) is 0 Å². The zero-order valence-electron chi connectivity index (χ0n) is 10.7. The summed E-state index contributed by atoms with van der Waals surface area (Å²) in [6, 6.07) is 3.14. The van der Waals surface area contributed by atoms with Crippen LogP contribution in [0.4, 0.5) is 14.9 Å². The second-order valence-electron chi connectivity index (χ2n) is 4.45. The van der Waals surface area contributed by atoms with E-state index in [1.807, 2.05) is 0 Å². The predicted octanol–water partition coefficient (Wildman–Crippen LogP) is 1.82. The average molecular weight is 282 g/mol. The van der Waals surface area contributed by atoms with Crippen molar-refractivity contribution in [2.45, 2.75) is 18.9 Å². The lowest BCUT2D eigenvalue weighted by atomic mass is 10.1. The second-order valence-corrected chi connectivity index (χ2v) is 4.45. The highest BCUT2D eigenvalue weighted by molar-refractivity contribution is 6.00. The van der Waals surface area contributed by atoms with E-state index in [-0.39, 0.29) is 11.7 Å². The minimum Gasteiger partial charge on any atom is -0.478 e. The summed E-state index contributed by atoms with van der Waals surface area (Å²) in [5.41, 5.74) is -0.614. The third kappa shape index (κ3) is 3.45. The number of hydrogen-bond donors (Lipinski definition) is 3. The molecule has 0 radical (unpaired) electrons. The molecule has 0 aromatic heterocycles. The highest BCUT2D eigenvalue weighted by atomic mass is 19.1. The van der Waals surface area contributed by atoms with Gasteiger partial charge in [0.25, 0.3) is 0 Å². The first-order valence-corrected chi connectivity index (χ1v) is 6.25. The van der Waals surface area contributed by atoms with Gasteiger partial charge in [0, 0.05) is 19.3 Å². The fraction of sp³-hybridized carbons (Fsp3) is 0.385. The van der Waals surface area contributed by atoms with Crippen LogP contribution in [0.1, 0.15) is 23.2 Å². The molecule has 0 unspecified atom stereocenters. The summed E-state index contributed by atoms with van der Waals surface area (Å²) in [4.78, 5) is 22.8. The zero-order chi connectivity index (χ0) is 14.5. The number of carboxylic acid groups (broad SMARTS) is 1. The van der Waals surface area contributed by atoms with Gasteiger partial charge in [0.05, 0.1) is 5.69 Å². The van der Waals surface area contributed by atoms with E-state index in [1.54, 1.807) is 0 Å². The smallest absolute Gasteiger partial charge is 0.340 e. The number of aromatic carboxylic acids is 1. The molecule has 0 aliphatic carbocycles. The molecule has 1 heterocycles. The molecule has 2 rings (SSSR count). The number of carbonyl (C=O) groups excluding carboxylic acids is 1. The highest BCUT2D eigenvalue weighted by Crippen LogP contribution is 2.19. The molecule has 0 atom stereocenters. The number of carboxylic acids is 1. The Bertz CT molecular complexity index is 515. The van der Waals surface area contributed by atoms with E-state index in [2.05, 4.69) is 10.6 Å². The van der Waals surface area contributed by atoms with Crippen molar-refractivity contribution in [2.75, 3.05) is 18.5 Å². The number of ether oxygens (including phenoxy) is 1. The molecule has 2 amide bonds. The van der Waals surface area contributed by atoms with Crippen LogP contribution in [-0.4, -0.2) is 36.4 Å². The van der Waals surface area contributed by atoms with Gasteiger partial charge < -0.3 is 20.5 Å². The van der Waals surface area contributed by atoms with Crippen LogP contribution in [0.5, 0.6) is 0 Å². The minimum absolute atomic E-state index is 0.0226. The van der Waals surface area contributed by atoms with Crippen LogP contribution in [0, 0.1) is 5.82 Å². The minimum atomic E-state index is -1.43. The monoisotopic (exact) mass is 282 g/mol. The number of amides is 2. The van der Waals surface area contributed by atoms with Crippen LogP contribution >= 0.6 is 0 Å². The van der Waals surface area contributed by atoms with E-state index in [0.717, 1.165) is 6.07 Å². The lowest BCUT2D eigenvalue weighted by molar-refractivity contribution is 0.0693. The number of benzene rings is 1. The molecule has 6 nitrogen and oxygen atoms in total. The molecule has 3 N–H and O–H groups in total. The number of anilines is 1. The number of urea groups is 1. The quantitative estimate of drug-likeness (QED) is 0.789. The third-order valence-corrected chi connectivity index (χ3v) is 3.03. The van der Waals surface area contributed by atoms with Gasteiger partial charge in [-0.15, -0.1) is 0 Å². The lowest BCUT2D eigenvalue weighted by Gasteiger charge is -2.23. The SMILES string of the molecule is O=C(Nc1cccc(F)c1C(=O)O)NC1CCOCC1. The summed E-state index contributed by atoms with van der Waals surface area (Å²) in [6.07, 6.45) is 1.39. The normalized spacial score (nSPS) is 15.7. The van der Waals surface area contributed by atoms with Gasteiger partial charge >= 0.3 is 12.0 Å². The van der Waals surface area contributed by atoms with Crippen molar-refractivity contribution in [1.82, 2.24) is 5.32 Å². The summed E-state index contributed by atoms with van der Waals surface area (Å²) in [5, 5.41) is 14.0. The molecule has 20 heavy (non-hydrogen) atoms.